The quantitative estimate of drug-likeness (QED) is 0.755. The van der Waals surface area contributed by atoms with Crippen molar-refractivity contribution >= 4 is 28.1 Å². The molecule has 2 unspecified atom stereocenters. The van der Waals surface area contributed by atoms with E-state index in [4.69, 9.17) is 10.5 Å². The number of anilines is 2. The Kier molecular flexibility index (Phi) is 5.80. The van der Waals surface area contributed by atoms with Crippen molar-refractivity contribution in [3.8, 4) is 0 Å². The maximum absolute atomic E-state index is 11.8. The maximum atomic E-state index is 11.8. The fraction of sp³-hybridized carbons (Fsp3) is 0.417. The van der Waals surface area contributed by atoms with Gasteiger partial charge in [0, 0.05) is 35.0 Å². The van der Waals surface area contributed by atoms with Crippen LogP contribution in [0.1, 0.15) is 6.92 Å². The van der Waals surface area contributed by atoms with Crippen molar-refractivity contribution in [1.82, 2.24) is 0 Å². The third-order valence-corrected chi connectivity index (χ3v) is 3.98. The van der Waals surface area contributed by atoms with Crippen LogP contribution in [0, 0.1) is 0 Å². The molecule has 2 atom stereocenters. The van der Waals surface area contributed by atoms with Crippen LogP contribution in [-0.2, 0) is 20.3 Å². The number of ether oxygens (including phenoxy) is 1. The van der Waals surface area contributed by atoms with Crippen molar-refractivity contribution in [1.29, 1.82) is 0 Å². The molecule has 0 aromatic heterocycles. The molecule has 0 bridgehead atoms. The molecule has 0 aliphatic heterocycles. The lowest BCUT2D eigenvalue weighted by molar-refractivity contribution is -0.115. The van der Waals surface area contributed by atoms with Crippen molar-refractivity contribution in [2.45, 2.75) is 12.2 Å². The molecule has 0 aliphatic rings. The lowest BCUT2D eigenvalue weighted by atomic mass is 10.3. The van der Waals surface area contributed by atoms with Gasteiger partial charge in [0.2, 0.25) is 5.91 Å². The van der Waals surface area contributed by atoms with Crippen LogP contribution in [0.25, 0.3) is 0 Å². The summed E-state index contributed by atoms with van der Waals surface area (Å²) in [6, 6.07) is 6.87. The lowest BCUT2D eigenvalue weighted by Gasteiger charge is -2.12. The van der Waals surface area contributed by atoms with E-state index in [1.807, 2.05) is 0 Å². The summed E-state index contributed by atoms with van der Waals surface area (Å²) in [6.07, 6.45) is 0. The average molecular weight is 270 g/mol. The fourth-order valence-electron chi connectivity index (χ4n) is 1.32. The largest absolute Gasteiger partial charge is 0.399 e. The number of nitrogens with two attached hydrogens (primary N) is 1. The first-order chi connectivity index (χ1) is 8.54. The Morgan fingerprint density at radius 1 is 1.56 bits per heavy atom. The number of carbonyl (C=O) groups is 1. The van der Waals surface area contributed by atoms with Crippen molar-refractivity contribution in [3.63, 3.8) is 0 Å². The molecule has 1 aromatic rings. The minimum atomic E-state index is -1.24. The van der Waals surface area contributed by atoms with Gasteiger partial charge in [0.25, 0.3) is 0 Å². The Morgan fingerprint density at radius 3 is 2.89 bits per heavy atom. The molecule has 100 valence electrons. The van der Waals surface area contributed by atoms with Gasteiger partial charge in [0.05, 0.1) is 6.61 Å². The molecule has 0 fully saturated rings. The average Bonchev–Trinajstić information content (AvgIpc) is 2.35. The van der Waals surface area contributed by atoms with Crippen LogP contribution in [0.15, 0.2) is 24.3 Å². The van der Waals surface area contributed by atoms with E-state index in [0.717, 1.165) is 0 Å². The predicted molar refractivity (Wildman–Crippen MR) is 73.8 cm³/mol. The SMILES string of the molecule is COCCS(=O)C(C)C(=O)Nc1cccc(N)c1. The first-order valence-electron chi connectivity index (χ1n) is 5.57. The van der Waals surface area contributed by atoms with Crippen LogP contribution in [0.3, 0.4) is 0 Å². The van der Waals surface area contributed by atoms with Gasteiger partial charge in [-0.2, -0.15) is 0 Å². The topological polar surface area (TPSA) is 81.4 Å². The number of carbonyl (C=O) groups excluding carboxylic acids is 1. The summed E-state index contributed by atoms with van der Waals surface area (Å²) in [5, 5.41) is 2.11. The number of nitrogens with one attached hydrogen (secondary N) is 1. The number of nitrogen functional groups attached to an aromatic ring is 1. The second-order valence-corrected chi connectivity index (χ2v) is 5.71. The second kappa shape index (κ2) is 7.13. The van der Waals surface area contributed by atoms with Gasteiger partial charge < -0.3 is 15.8 Å². The smallest absolute Gasteiger partial charge is 0.239 e. The zero-order chi connectivity index (χ0) is 13.5. The van der Waals surface area contributed by atoms with E-state index in [9.17, 15) is 9.00 Å². The summed E-state index contributed by atoms with van der Waals surface area (Å²) in [7, 11) is 0.294. The zero-order valence-corrected chi connectivity index (χ0v) is 11.3. The van der Waals surface area contributed by atoms with Crippen LogP contribution in [0.2, 0.25) is 0 Å². The van der Waals surface area contributed by atoms with Gasteiger partial charge in [-0.3, -0.25) is 9.00 Å². The molecule has 0 aliphatic carbocycles. The van der Waals surface area contributed by atoms with E-state index >= 15 is 0 Å². The van der Waals surface area contributed by atoms with Crippen LogP contribution < -0.4 is 11.1 Å². The molecule has 6 heteroatoms. The summed E-state index contributed by atoms with van der Waals surface area (Å²) in [4.78, 5) is 11.8. The Labute approximate surface area is 109 Å². The molecular formula is C12H18N2O3S. The Balaban J connectivity index is 2.57. The summed E-state index contributed by atoms with van der Waals surface area (Å²) in [5.74, 6) is 0.0668. The normalized spacial score (nSPS) is 13.9. The van der Waals surface area contributed by atoms with Gasteiger partial charge in [0.1, 0.15) is 5.25 Å². The first-order valence-corrected chi connectivity index (χ1v) is 6.95. The van der Waals surface area contributed by atoms with Crippen LogP contribution in [-0.4, -0.2) is 34.8 Å². The molecule has 1 aromatic carbocycles. The molecule has 0 saturated heterocycles. The summed E-state index contributed by atoms with van der Waals surface area (Å²) in [5.41, 5.74) is 6.79. The molecule has 0 saturated carbocycles. The van der Waals surface area contributed by atoms with E-state index in [2.05, 4.69) is 5.32 Å². The highest BCUT2D eigenvalue weighted by Gasteiger charge is 2.19. The molecule has 3 N–H and O–H groups in total. The lowest BCUT2D eigenvalue weighted by Crippen LogP contribution is -2.31. The highest BCUT2D eigenvalue weighted by molar-refractivity contribution is 7.86. The summed E-state index contributed by atoms with van der Waals surface area (Å²) >= 11 is 0. The highest BCUT2D eigenvalue weighted by Crippen LogP contribution is 2.12. The van der Waals surface area contributed by atoms with Crippen LogP contribution in [0.4, 0.5) is 11.4 Å². The van der Waals surface area contributed by atoms with E-state index in [1.54, 1.807) is 31.2 Å². The van der Waals surface area contributed by atoms with Gasteiger partial charge in [-0.25, -0.2) is 0 Å². The number of benzene rings is 1. The van der Waals surface area contributed by atoms with Gasteiger partial charge in [0.15, 0.2) is 0 Å². The van der Waals surface area contributed by atoms with E-state index in [-0.39, 0.29) is 5.91 Å². The summed E-state index contributed by atoms with van der Waals surface area (Å²) in [6.45, 7) is 2.01. The molecule has 5 nitrogen and oxygen atoms in total. The molecule has 0 spiro atoms. The Hall–Kier alpha value is -1.40. The van der Waals surface area contributed by atoms with Crippen molar-refractivity contribution < 1.29 is 13.7 Å². The Bertz CT molecular complexity index is 437. The minimum absolute atomic E-state index is 0.282. The van der Waals surface area contributed by atoms with Gasteiger partial charge >= 0.3 is 0 Å². The maximum Gasteiger partial charge on any atom is 0.239 e. The fourth-order valence-corrected chi connectivity index (χ4v) is 2.30. The van der Waals surface area contributed by atoms with Crippen LogP contribution >= 0.6 is 0 Å². The highest BCUT2D eigenvalue weighted by atomic mass is 32.2. The third kappa shape index (κ3) is 4.46. The van der Waals surface area contributed by atoms with Crippen LogP contribution in [0.5, 0.6) is 0 Å². The van der Waals surface area contributed by atoms with Crippen molar-refractivity contribution in [3.05, 3.63) is 24.3 Å². The van der Waals surface area contributed by atoms with Gasteiger partial charge in [-0.1, -0.05) is 6.07 Å². The monoisotopic (exact) mass is 270 g/mol. The Morgan fingerprint density at radius 2 is 2.28 bits per heavy atom. The predicted octanol–water partition coefficient (Wildman–Crippen LogP) is 0.991. The first kappa shape index (κ1) is 14.7. The number of methoxy groups -OCH3 is 1. The number of amides is 1. The molecule has 1 rings (SSSR count). The number of rotatable bonds is 6. The van der Waals surface area contributed by atoms with Crippen molar-refractivity contribution in [2.24, 2.45) is 0 Å². The molecule has 1 amide bonds. The van der Waals surface area contributed by atoms with E-state index in [0.29, 0.717) is 23.7 Å². The number of hydrogen-bond acceptors (Lipinski definition) is 4. The molecular weight excluding hydrogens is 252 g/mol. The minimum Gasteiger partial charge on any atom is -0.399 e. The molecule has 0 heterocycles. The third-order valence-electron chi connectivity index (χ3n) is 2.41. The van der Waals surface area contributed by atoms with Crippen molar-refractivity contribution in [2.75, 3.05) is 30.5 Å². The van der Waals surface area contributed by atoms with E-state index < -0.39 is 16.0 Å². The molecule has 0 radical (unpaired) electrons. The summed E-state index contributed by atoms with van der Waals surface area (Å²) < 4.78 is 16.6. The van der Waals surface area contributed by atoms with Gasteiger partial charge in [-0.05, 0) is 25.1 Å². The van der Waals surface area contributed by atoms with Gasteiger partial charge in [-0.15, -0.1) is 0 Å². The molecule has 18 heavy (non-hydrogen) atoms. The number of hydrogen-bond donors (Lipinski definition) is 2. The van der Waals surface area contributed by atoms with E-state index in [1.165, 1.54) is 7.11 Å². The second-order valence-electron chi connectivity index (χ2n) is 3.83. The zero-order valence-electron chi connectivity index (χ0n) is 10.5. The standard InChI is InChI=1S/C12H18N2O3S/c1-9(18(16)7-6-17-2)12(15)14-11-5-3-4-10(13)8-11/h3-5,8-9H,6-7,13H2,1-2H3,(H,14,15).